The molecule has 2 nitrogen and oxygen atoms in total. The van der Waals surface area contributed by atoms with Crippen LogP contribution in [0, 0.1) is 5.92 Å². The van der Waals surface area contributed by atoms with Crippen molar-refractivity contribution in [1.82, 2.24) is 0 Å². The van der Waals surface area contributed by atoms with Gasteiger partial charge in [-0.05, 0) is 118 Å². The monoisotopic (exact) mass is 624 g/mol. The van der Waals surface area contributed by atoms with Crippen molar-refractivity contribution in [3.63, 3.8) is 0 Å². The zero-order valence-electron chi connectivity index (χ0n) is 28.5. The molecule has 0 aliphatic heterocycles. The SMILES string of the molecule is CC(C)C1=CCC(N(c2ccccc2)c2ccc3ccc4c(N(c5ccccc5)c5ccc(C(C)C)cc5)ccc5c4c3c2CC5)C=C1. The molecule has 2 aliphatic carbocycles. The van der Waals surface area contributed by atoms with Crippen molar-refractivity contribution in [2.45, 2.75) is 58.9 Å². The second kappa shape index (κ2) is 12.5. The van der Waals surface area contributed by atoms with Gasteiger partial charge in [-0.2, -0.15) is 0 Å². The molecule has 0 bridgehead atoms. The number of anilines is 5. The summed E-state index contributed by atoms with van der Waals surface area (Å²) in [7, 11) is 0. The van der Waals surface area contributed by atoms with E-state index in [0.29, 0.717) is 11.8 Å². The van der Waals surface area contributed by atoms with E-state index in [2.05, 4.69) is 177 Å². The van der Waals surface area contributed by atoms with Crippen molar-refractivity contribution >= 4 is 50.0 Å². The van der Waals surface area contributed by atoms with E-state index in [1.54, 1.807) is 0 Å². The number of aryl methyl sites for hydroxylation is 2. The third kappa shape index (κ3) is 5.30. The minimum absolute atomic E-state index is 0.262. The third-order valence-corrected chi connectivity index (χ3v) is 10.4. The first-order valence-electron chi connectivity index (χ1n) is 17.7. The summed E-state index contributed by atoms with van der Waals surface area (Å²) in [5.74, 6) is 1.03. The van der Waals surface area contributed by atoms with Gasteiger partial charge in [-0.3, -0.25) is 0 Å². The molecule has 48 heavy (non-hydrogen) atoms. The fourth-order valence-corrected chi connectivity index (χ4v) is 7.88. The molecule has 2 aliphatic rings. The van der Waals surface area contributed by atoms with Crippen LogP contribution in [0.3, 0.4) is 0 Å². The first-order chi connectivity index (χ1) is 23.5. The largest absolute Gasteiger partial charge is 0.334 e. The number of hydrogen-bond acceptors (Lipinski definition) is 2. The number of nitrogens with zero attached hydrogens (tertiary/aromatic N) is 2. The van der Waals surface area contributed by atoms with Gasteiger partial charge in [0.15, 0.2) is 0 Å². The van der Waals surface area contributed by atoms with Crippen LogP contribution in [0.25, 0.3) is 21.5 Å². The molecule has 6 aromatic carbocycles. The molecule has 0 N–H and O–H groups in total. The van der Waals surface area contributed by atoms with Gasteiger partial charge in [0.05, 0.1) is 11.7 Å². The molecule has 1 atom stereocenters. The smallest absolute Gasteiger partial charge is 0.0560 e. The average Bonchev–Trinajstić information content (AvgIpc) is 3.13. The Morgan fingerprint density at radius 3 is 1.92 bits per heavy atom. The molecule has 0 aromatic heterocycles. The second-order valence-corrected chi connectivity index (χ2v) is 14.0. The molecule has 0 spiro atoms. The second-order valence-electron chi connectivity index (χ2n) is 14.0. The highest BCUT2D eigenvalue weighted by Gasteiger charge is 2.27. The van der Waals surface area contributed by atoms with Crippen LogP contribution in [0.2, 0.25) is 0 Å². The van der Waals surface area contributed by atoms with E-state index in [0.717, 1.165) is 19.3 Å². The molecule has 6 aromatic rings. The Labute approximate surface area is 285 Å². The molecule has 0 amide bonds. The van der Waals surface area contributed by atoms with Gasteiger partial charge in [0.1, 0.15) is 0 Å². The first kappa shape index (κ1) is 30.3. The minimum Gasteiger partial charge on any atom is -0.334 e. The Morgan fingerprint density at radius 1 is 0.583 bits per heavy atom. The van der Waals surface area contributed by atoms with E-state index in [9.17, 15) is 0 Å². The van der Waals surface area contributed by atoms with E-state index in [1.165, 1.54) is 72.2 Å². The summed E-state index contributed by atoms with van der Waals surface area (Å²) in [5.41, 5.74) is 11.8. The number of allylic oxidation sites excluding steroid dienone is 2. The number of rotatable bonds is 8. The predicted octanol–water partition coefficient (Wildman–Crippen LogP) is 12.7. The van der Waals surface area contributed by atoms with Crippen LogP contribution >= 0.6 is 0 Å². The van der Waals surface area contributed by atoms with Crippen molar-refractivity contribution in [1.29, 1.82) is 0 Å². The van der Waals surface area contributed by atoms with Crippen LogP contribution < -0.4 is 9.80 Å². The highest BCUT2D eigenvalue weighted by molar-refractivity contribution is 6.17. The van der Waals surface area contributed by atoms with Gasteiger partial charge < -0.3 is 9.80 Å². The van der Waals surface area contributed by atoms with E-state index in [4.69, 9.17) is 0 Å². The quantitative estimate of drug-likeness (QED) is 0.155. The average molecular weight is 625 g/mol. The van der Waals surface area contributed by atoms with Gasteiger partial charge in [-0.25, -0.2) is 0 Å². The van der Waals surface area contributed by atoms with Crippen molar-refractivity contribution in [3.05, 3.63) is 162 Å². The van der Waals surface area contributed by atoms with Gasteiger partial charge in [-0.1, -0.05) is 119 Å². The maximum atomic E-state index is 2.60. The van der Waals surface area contributed by atoms with Gasteiger partial charge in [0.2, 0.25) is 0 Å². The van der Waals surface area contributed by atoms with Crippen LogP contribution in [0.4, 0.5) is 28.4 Å². The Morgan fingerprint density at radius 2 is 1.25 bits per heavy atom. The molecule has 8 rings (SSSR count). The van der Waals surface area contributed by atoms with Crippen LogP contribution in [0.5, 0.6) is 0 Å². The molecule has 0 fully saturated rings. The summed E-state index contributed by atoms with van der Waals surface area (Å²) in [6.45, 7) is 9.09. The molecular weight excluding hydrogens is 581 g/mol. The number of hydrogen-bond donors (Lipinski definition) is 0. The van der Waals surface area contributed by atoms with Gasteiger partial charge in [-0.15, -0.1) is 0 Å². The lowest BCUT2D eigenvalue weighted by Gasteiger charge is -2.36. The van der Waals surface area contributed by atoms with Crippen LogP contribution in [-0.2, 0) is 12.8 Å². The molecule has 2 heteroatoms. The lowest BCUT2D eigenvalue weighted by Crippen LogP contribution is -2.31. The van der Waals surface area contributed by atoms with Gasteiger partial charge >= 0.3 is 0 Å². The highest BCUT2D eigenvalue weighted by atomic mass is 15.2. The Balaban J connectivity index is 1.33. The van der Waals surface area contributed by atoms with Crippen LogP contribution in [0.1, 0.15) is 56.7 Å². The molecule has 238 valence electrons. The van der Waals surface area contributed by atoms with E-state index in [1.807, 2.05) is 0 Å². The van der Waals surface area contributed by atoms with Crippen LogP contribution in [-0.4, -0.2) is 6.04 Å². The highest BCUT2D eigenvalue weighted by Crippen LogP contribution is 2.47. The Bertz CT molecular complexity index is 2150. The number of benzene rings is 6. The molecule has 0 saturated carbocycles. The fourth-order valence-electron chi connectivity index (χ4n) is 7.88. The predicted molar refractivity (Wildman–Crippen MR) is 207 cm³/mol. The van der Waals surface area contributed by atoms with E-state index < -0.39 is 0 Å². The molecule has 1 unspecified atom stereocenters. The summed E-state index contributed by atoms with van der Waals surface area (Å²) in [4.78, 5) is 5.04. The van der Waals surface area contributed by atoms with Gasteiger partial charge in [0.25, 0.3) is 0 Å². The molecule has 0 heterocycles. The third-order valence-electron chi connectivity index (χ3n) is 10.4. The van der Waals surface area contributed by atoms with E-state index >= 15 is 0 Å². The zero-order valence-corrected chi connectivity index (χ0v) is 28.5. The van der Waals surface area contributed by atoms with Crippen LogP contribution in [0.15, 0.2) is 145 Å². The first-order valence-corrected chi connectivity index (χ1v) is 17.7. The Kier molecular flexibility index (Phi) is 7.89. The number of para-hydroxylation sites is 2. The van der Waals surface area contributed by atoms with Crippen molar-refractivity contribution < 1.29 is 0 Å². The summed E-state index contributed by atoms with van der Waals surface area (Å²) in [5, 5.41) is 5.45. The van der Waals surface area contributed by atoms with Gasteiger partial charge in [0, 0.05) is 28.1 Å². The minimum atomic E-state index is 0.262. The summed E-state index contributed by atoms with van der Waals surface area (Å²) < 4.78 is 0. The van der Waals surface area contributed by atoms with Crippen molar-refractivity contribution in [2.75, 3.05) is 9.80 Å². The lowest BCUT2D eigenvalue weighted by atomic mass is 9.84. The molecular formula is C46H44N2. The summed E-state index contributed by atoms with van der Waals surface area (Å²) in [6.07, 6.45) is 10.3. The van der Waals surface area contributed by atoms with Crippen molar-refractivity contribution in [2.24, 2.45) is 5.92 Å². The summed E-state index contributed by atoms with van der Waals surface area (Å²) >= 11 is 0. The molecule has 0 radical (unpaired) electrons. The molecule has 0 saturated heterocycles. The van der Waals surface area contributed by atoms with E-state index in [-0.39, 0.29) is 6.04 Å². The fraction of sp³-hybridized carbons (Fsp3) is 0.217. The topological polar surface area (TPSA) is 6.48 Å². The maximum absolute atomic E-state index is 2.60. The van der Waals surface area contributed by atoms with Crippen molar-refractivity contribution in [3.8, 4) is 0 Å². The summed E-state index contributed by atoms with van der Waals surface area (Å²) in [6, 6.07) is 45.4. The lowest BCUT2D eigenvalue weighted by molar-refractivity contribution is 0.729. The zero-order chi connectivity index (χ0) is 32.8. The standard InChI is InChI=1S/C46H44N2/c1-31(2)33-15-23-39(24-16-33)47(37-11-7-5-8-12-37)43-29-21-35-20-28-42-44(30-22-36-19-27-41(43)45(35)46(36)42)48(38-13-9-6-10-14-38)40-25-17-34(18-26-40)32(3)4/h5-19,21-25,27,29-32,40H,20,26,28H2,1-4H3. The Hall–Kier alpha value is -5.08. The normalized spacial score (nSPS) is 15.5. The maximum Gasteiger partial charge on any atom is 0.0560 e.